The first-order chi connectivity index (χ1) is 12.5. The summed E-state index contributed by atoms with van der Waals surface area (Å²) in [5.41, 5.74) is 0. The van der Waals surface area contributed by atoms with Crippen LogP contribution in [0.25, 0.3) is 0 Å². The quantitative estimate of drug-likeness (QED) is 0.199. The summed E-state index contributed by atoms with van der Waals surface area (Å²) in [5, 5.41) is 0. The Morgan fingerprint density at radius 2 is 1.00 bits per heavy atom. The maximum absolute atomic E-state index is 2.45. The molecule has 0 heterocycles. The van der Waals surface area contributed by atoms with Gasteiger partial charge < -0.3 is 0 Å². The Balaban J connectivity index is 4.31. The normalized spacial score (nSPS) is 15.3. The van der Waals surface area contributed by atoms with E-state index < -0.39 is 0 Å². The van der Waals surface area contributed by atoms with Gasteiger partial charge in [0.2, 0.25) is 0 Å². The molecule has 0 saturated carbocycles. The molecule has 0 nitrogen and oxygen atoms in total. The maximum atomic E-state index is 2.45. The second-order valence-corrected chi connectivity index (χ2v) is 9.67. The highest BCUT2D eigenvalue weighted by Crippen LogP contribution is 2.33. The van der Waals surface area contributed by atoms with Gasteiger partial charge in [-0.15, -0.1) is 0 Å². The third-order valence-electron chi connectivity index (χ3n) is 6.33. The molecule has 0 rings (SSSR count). The van der Waals surface area contributed by atoms with Gasteiger partial charge >= 0.3 is 0 Å². The van der Waals surface area contributed by atoms with Gasteiger partial charge in [-0.05, 0) is 30.1 Å². The molecule has 0 aromatic rings. The molecule has 0 amide bonds. The summed E-state index contributed by atoms with van der Waals surface area (Å²) in [6, 6.07) is 0. The molecule has 158 valence electrons. The zero-order chi connectivity index (χ0) is 19.6. The lowest BCUT2D eigenvalue weighted by atomic mass is 9.77. The van der Waals surface area contributed by atoms with Crippen LogP contribution in [0.4, 0.5) is 0 Å². The summed E-state index contributed by atoms with van der Waals surface area (Å²) in [4.78, 5) is 0. The van der Waals surface area contributed by atoms with Crippen molar-refractivity contribution in [1.29, 1.82) is 0 Å². The van der Waals surface area contributed by atoms with Crippen LogP contribution in [0.15, 0.2) is 0 Å². The average Bonchev–Trinajstić information content (AvgIpc) is 2.59. The fourth-order valence-corrected chi connectivity index (χ4v) is 4.86. The van der Waals surface area contributed by atoms with Crippen LogP contribution in [0.3, 0.4) is 0 Å². The van der Waals surface area contributed by atoms with Gasteiger partial charge in [0.05, 0.1) is 0 Å². The Labute approximate surface area is 168 Å². The SMILES string of the molecule is CCCCCCCC(CCCCCC(C)CCC)C(CCC)CC(C)C. The van der Waals surface area contributed by atoms with Gasteiger partial charge in [-0.3, -0.25) is 0 Å². The third kappa shape index (κ3) is 15.1. The topological polar surface area (TPSA) is 0 Å². The molecular weight excluding hydrogens is 312 g/mol. The average molecular weight is 367 g/mol. The summed E-state index contributed by atoms with van der Waals surface area (Å²) < 4.78 is 0. The molecule has 0 aromatic heterocycles. The van der Waals surface area contributed by atoms with Crippen molar-refractivity contribution >= 4 is 0 Å². The van der Waals surface area contributed by atoms with E-state index in [1.807, 2.05) is 0 Å². The van der Waals surface area contributed by atoms with E-state index in [9.17, 15) is 0 Å². The molecular formula is C26H54. The van der Waals surface area contributed by atoms with Crippen molar-refractivity contribution in [2.24, 2.45) is 23.7 Å². The first-order valence-electron chi connectivity index (χ1n) is 12.5. The van der Waals surface area contributed by atoms with Crippen LogP contribution in [0.1, 0.15) is 144 Å². The molecule has 3 unspecified atom stereocenters. The zero-order valence-corrected chi connectivity index (χ0v) is 19.6. The van der Waals surface area contributed by atoms with E-state index in [2.05, 4.69) is 41.5 Å². The molecule has 0 aliphatic heterocycles. The van der Waals surface area contributed by atoms with Gasteiger partial charge in [-0.2, -0.15) is 0 Å². The van der Waals surface area contributed by atoms with Crippen LogP contribution >= 0.6 is 0 Å². The molecule has 0 N–H and O–H groups in total. The summed E-state index contributed by atoms with van der Waals surface area (Å²) >= 11 is 0. The lowest BCUT2D eigenvalue weighted by Crippen LogP contribution is -2.17. The lowest BCUT2D eigenvalue weighted by Gasteiger charge is -2.29. The molecule has 0 aromatic carbocycles. The Morgan fingerprint density at radius 3 is 1.54 bits per heavy atom. The van der Waals surface area contributed by atoms with Crippen LogP contribution in [-0.4, -0.2) is 0 Å². The first kappa shape index (κ1) is 26.0. The second kappa shape index (κ2) is 18.4. The van der Waals surface area contributed by atoms with E-state index in [0.717, 1.165) is 23.7 Å². The summed E-state index contributed by atoms with van der Waals surface area (Å²) in [7, 11) is 0. The standard InChI is InChI=1S/C26H54/c1-7-10-11-12-15-20-25(26(18-9-3)22-23(4)5)21-16-13-14-19-24(6)17-8-2/h23-26H,7-22H2,1-6H3. The summed E-state index contributed by atoms with van der Waals surface area (Å²) in [6.07, 6.45) is 23.2. The van der Waals surface area contributed by atoms with Crippen molar-refractivity contribution in [3.63, 3.8) is 0 Å². The van der Waals surface area contributed by atoms with Crippen molar-refractivity contribution in [3.05, 3.63) is 0 Å². The maximum Gasteiger partial charge on any atom is -0.0384 e. The van der Waals surface area contributed by atoms with Gasteiger partial charge in [-0.25, -0.2) is 0 Å². The predicted molar refractivity (Wildman–Crippen MR) is 122 cm³/mol. The second-order valence-electron chi connectivity index (χ2n) is 9.67. The summed E-state index contributed by atoms with van der Waals surface area (Å²) in [5.74, 6) is 3.81. The molecule has 0 fully saturated rings. The van der Waals surface area contributed by atoms with E-state index >= 15 is 0 Å². The van der Waals surface area contributed by atoms with Crippen LogP contribution in [0.5, 0.6) is 0 Å². The Bertz CT molecular complexity index is 267. The number of hydrogen-bond donors (Lipinski definition) is 0. The number of hydrogen-bond acceptors (Lipinski definition) is 0. The van der Waals surface area contributed by atoms with E-state index in [1.54, 1.807) is 0 Å². The Morgan fingerprint density at radius 1 is 0.462 bits per heavy atom. The lowest BCUT2D eigenvalue weighted by molar-refractivity contribution is 0.225. The largest absolute Gasteiger partial charge is 0.0654 e. The van der Waals surface area contributed by atoms with Crippen molar-refractivity contribution in [1.82, 2.24) is 0 Å². The van der Waals surface area contributed by atoms with Gasteiger partial charge in [0.15, 0.2) is 0 Å². The van der Waals surface area contributed by atoms with E-state index in [0.29, 0.717) is 0 Å². The number of rotatable bonds is 19. The highest BCUT2D eigenvalue weighted by molar-refractivity contribution is 4.72. The van der Waals surface area contributed by atoms with E-state index in [1.165, 1.54) is 103 Å². The van der Waals surface area contributed by atoms with Crippen LogP contribution < -0.4 is 0 Å². The summed E-state index contributed by atoms with van der Waals surface area (Å²) in [6.45, 7) is 14.3. The molecule has 0 bridgehead atoms. The molecule has 0 aliphatic carbocycles. The van der Waals surface area contributed by atoms with Crippen LogP contribution in [0, 0.1) is 23.7 Å². The van der Waals surface area contributed by atoms with Gasteiger partial charge in [0.1, 0.15) is 0 Å². The van der Waals surface area contributed by atoms with Crippen molar-refractivity contribution in [2.75, 3.05) is 0 Å². The van der Waals surface area contributed by atoms with E-state index in [4.69, 9.17) is 0 Å². The molecule has 26 heavy (non-hydrogen) atoms. The highest BCUT2D eigenvalue weighted by atomic mass is 14.3. The molecule has 0 spiro atoms. The molecule has 0 radical (unpaired) electrons. The van der Waals surface area contributed by atoms with Crippen LogP contribution in [-0.2, 0) is 0 Å². The monoisotopic (exact) mass is 366 g/mol. The molecule has 3 atom stereocenters. The fourth-order valence-electron chi connectivity index (χ4n) is 4.86. The zero-order valence-electron chi connectivity index (χ0n) is 19.6. The van der Waals surface area contributed by atoms with Gasteiger partial charge in [0, 0.05) is 0 Å². The highest BCUT2D eigenvalue weighted by Gasteiger charge is 2.21. The van der Waals surface area contributed by atoms with Crippen LogP contribution in [0.2, 0.25) is 0 Å². The number of unbranched alkanes of at least 4 members (excludes halogenated alkanes) is 6. The first-order valence-corrected chi connectivity index (χ1v) is 12.5. The molecule has 0 saturated heterocycles. The third-order valence-corrected chi connectivity index (χ3v) is 6.33. The smallest absolute Gasteiger partial charge is 0.0384 e. The van der Waals surface area contributed by atoms with Crippen molar-refractivity contribution < 1.29 is 0 Å². The fraction of sp³-hybridized carbons (Fsp3) is 1.00. The van der Waals surface area contributed by atoms with Gasteiger partial charge in [-0.1, -0.05) is 138 Å². The Kier molecular flexibility index (Phi) is 18.4. The minimum Gasteiger partial charge on any atom is -0.0654 e. The van der Waals surface area contributed by atoms with Gasteiger partial charge in [0.25, 0.3) is 0 Å². The minimum absolute atomic E-state index is 0.865. The predicted octanol–water partition coefficient (Wildman–Crippen LogP) is 9.81. The molecule has 0 heteroatoms. The van der Waals surface area contributed by atoms with Crippen molar-refractivity contribution in [2.45, 2.75) is 144 Å². The molecule has 0 aliphatic rings. The Hall–Kier alpha value is 0. The van der Waals surface area contributed by atoms with Crippen molar-refractivity contribution in [3.8, 4) is 0 Å². The van der Waals surface area contributed by atoms with E-state index in [-0.39, 0.29) is 0 Å². The minimum atomic E-state index is 0.865.